The van der Waals surface area contributed by atoms with E-state index in [2.05, 4.69) is 23.0 Å². The molecule has 212 valence electrons. The molecule has 3 aromatic rings. The highest BCUT2D eigenvalue weighted by atomic mass is 19.1. The van der Waals surface area contributed by atoms with Gasteiger partial charge in [0.2, 0.25) is 0 Å². The van der Waals surface area contributed by atoms with Crippen LogP contribution in [0.5, 0.6) is 0 Å². The van der Waals surface area contributed by atoms with Crippen LogP contribution in [-0.4, -0.2) is 87.9 Å². The average Bonchev–Trinajstić information content (AvgIpc) is 3.40. The lowest BCUT2D eigenvalue weighted by Crippen LogP contribution is -2.54. The molecule has 41 heavy (non-hydrogen) atoms. The third kappa shape index (κ3) is 5.19. The number of nitriles is 1. The van der Waals surface area contributed by atoms with Crippen molar-refractivity contribution in [2.75, 3.05) is 39.8 Å². The van der Waals surface area contributed by atoms with Crippen molar-refractivity contribution >= 4 is 22.6 Å². The van der Waals surface area contributed by atoms with Crippen LogP contribution in [0.4, 0.5) is 9.18 Å². The van der Waals surface area contributed by atoms with E-state index in [4.69, 9.17) is 4.84 Å². The van der Waals surface area contributed by atoms with Crippen molar-refractivity contribution in [1.29, 1.82) is 5.26 Å². The van der Waals surface area contributed by atoms with Gasteiger partial charge in [-0.2, -0.15) is 5.26 Å². The maximum atomic E-state index is 16.5. The van der Waals surface area contributed by atoms with Gasteiger partial charge in [-0.3, -0.25) is 14.9 Å². The Labute approximate surface area is 238 Å². The fourth-order valence-electron chi connectivity index (χ4n) is 6.24. The largest absolute Gasteiger partial charge is 0.465 e. The van der Waals surface area contributed by atoms with Crippen molar-refractivity contribution in [2.45, 2.75) is 37.9 Å². The summed E-state index contributed by atoms with van der Waals surface area (Å²) >= 11 is 0. The molecule has 1 aromatic heterocycles. The lowest BCUT2D eigenvalue weighted by atomic mass is 9.96. The predicted molar refractivity (Wildman–Crippen MR) is 153 cm³/mol. The highest BCUT2D eigenvalue weighted by Crippen LogP contribution is 2.37. The number of fused-ring (bicyclic) bond motifs is 2. The molecule has 6 rings (SSSR count). The third-order valence-corrected chi connectivity index (χ3v) is 8.52. The summed E-state index contributed by atoms with van der Waals surface area (Å²) in [5, 5.41) is 22.7. The topological polar surface area (TPSA) is 96.2 Å². The second-order valence-corrected chi connectivity index (χ2v) is 10.9. The van der Waals surface area contributed by atoms with Crippen molar-refractivity contribution in [3.05, 3.63) is 71.8 Å². The van der Waals surface area contributed by atoms with Gasteiger partial charge in [-0.15, -0.1) is 0 Å². The highest BCUT2D eigenvalue weighted by molar-refractivity contribution is 5.96. The van der Waals surface area contributed by atoms with Gasteiger partial charge >= 0.3 is 6.09 Å². The summed E-state index contributed by atoms with van der Waals surface area (Å²) in [7, 11) is 2.09. The lowest BCUT2D eigenvalue weighted by molar-refractivity contribution is -0.141. The Morgan fingerprint density at radius 2 is 1.98 bits per heavy atom. The van der Waals surface area contributed by atoms with Crippen molar-refractivity contribution in [1.82, 2.24) is 24.7 Å². The number of amides is 1. The second kappa shape index (κ2) is 11.4. The molecule has 0 bridgehead atoms. The van der Waals surface area contributed by atoms with Crippen LogP contribution in [-0.2, 0) is 11.4 Å². The van der Waals surface area contributed by atoms with Gasteiger partial charge in [0.05, 0.1) is 43.6 Å². The molecule has 0 aliphatic carbocycles. The number of hydrogen-bond acceptors (Lipinski definition) is 7. The smallest absolute Gasteiger partial charge is 0.407 e. The van der Waals surface area contributed by atoms with Crippen LogP contribution in [0.3, 0.4) is 0 Å². The number of carbonyl (C=O) groups is 1. The zero-order valence-electron chi connectivity index (χ0n) is 23.0. The predicted octanol–water partition coefficient (Wildman–Crippen LogP) is 4.76. The molecule has 3 aliphatic heterocycles. The molecule has 2 atom stereocenters. The first kappa shape index (κ1) is 27.0. The average molecular weight is 557 g/mol. The second-order valence-electron chi connectivity index (χ2n) is 10.9. The van der Waals surface area contributed by atoms with Gasteiger partial charge < -0.3 is 19.8 Å². The minimum Gasteiger partial charge on any atom is -0.465 e. The summed E-state index contributed by atoms with van der Waals surface area (Å²) in [5.74, 6) is -0.395. The number of hydroxylamine groups is 2. The number of rotatable bonds is 6. The molecule has 0 radical (unpaired) electrons. The Morgan fingerprint density at radius 1 is 1.15 bits per heavy atom. The van der Waals surface area contributed by atoms with Crippen molar-refractivity contribution < 1.29 is 19.1 Å². The number of aromatic nitrogens is 1. The zero-order chi connectivity index (χ0) is 28.5. The lowest BCUT2D eigenvalue weighted by Gasteiger charge is -2.43. The first-order valence-corrected chi connectivity index (χ1v) is 14.0. The van der Waals surface area contributed by atoms with E-state index in [1.54, 1.807) is 11.3 Å². The highest BCUT2D eigenvalue weighted by Gasteiger charge is 2.35. The van der Waals surface area contributed by atoms with E-state index in [0.29, 0.717) is 36.9 Å². The van der Waals surface area contributed by atoms with Gasteiger partial charge in [-0.05, 0) is 37.2 Å². The third-order valence-electron chi connectivity index (χ3n) is 8.52. The van der Waals surface area contributed by atoms with E-state index >= 15 is 4.39 Å². The van der Waals surface area contributed by atoms with Gasteiger partial charge in [0, 0.05) is 48.6 Å². The molecule has 0 unspecified atom stereocenters. The first-order valence-electron chi connectivity index (χ1n) is 14.0. The Kier molecular flexibility index (Phi) is 7.47. The van der Waals surface area contributed by atoms with E-state index in [1.165, 1.54) is 4.90 Å². The number of nitrogens with zero attached hydrogens (tertiary/aromatic N) is 6. The summed E-state index contributed by atoms with van der Waals surface area (Å²) in [6.07, 6.45) is 4.79. The van der Waals surface area contributed by atoms with Crippen LogP contribution in [0.2, 0.25) is 0 Å². The quantitative estimate of drug-likeness (QED) is 0.465. The molecule has 0 spiro atoms. The number of benzene rings is 2. The van der Waals surface area contributed by atoms with Gasteiger partial charge in [-0.1, -0.05) is 42.5 Å². The van der Waals surface area contributed by atoms with E-state index in [9.17, 15) is 15.2 Å². The summed E-state index contributed by atoms with van der Waals surface area (Å²) in [6.45, 7) is 2.70. The monoisotopic (exact) mass is 556 g/mol. The van der Waals surface area contributed by atoms with E-state index in [1.807, 2.05) is 53.6 Å². The standard InChI is InChI=1S/C31H33FN6O3/c1-35-13-5-8-23(35)20-41-37-18-27-26(28(19-37)36-14-15-38(31(39)40)22(17-36)11-12-33)16-34-30(29(27)32)25-10-4-7-21-6-2-3-9-24(21)25/h2-4,6-7,9-10,16,19,22-23H,5,8,11,13-15,17-18,20H2,1H3,(H,39,40)/t22-,23-/m0/s1. The summed E-state index contributed by atoms with van der Waals surface area (Å²) in [6, 6.07) is 15.6. The summed E-state index contributed by atoms with van der Waals surface area (Å²) in [4.78, 5) is 28.3. The van der Waals surface area contributed by atoms with E-state index < -0.39 is 18.0 Å². The molecule has 9 nitrogen and oxygen atoms in total. The molecule has 1 amide bonds. The molecule has 2 fully saturated rings. The van der Waals surface area contributed by atoms with Crippen LogP contribution in [0.15, 0.2) is 54.9 Å². The number of halogens is 1. The van der Waals surface area contributed by atoms with Crippen LogP contribution in [0, 0.1) is 17.1 Å². The molecular formula is C31H33FN6O3. The molecule has 2 saturated heterocycles. The van der Waals surface area contributed by atoms with Crippen LogP contribution in [0.25, 0.3) is 27.7 Å². The van der Waals surface area contributed by atoms with Crippen molar-refractivity contribution in [3.63, 3.8) is 0 Å². The Balaban J connectivity index is 1.38. The van der Waals surface area contributed by atoms with Crippen LogP contribution in [0.1, 0.15) is 30.4 Å². The number of piperazine rings is 1. The van der Waals surface area contributed by atoms with Crippen LogP contribution < -0.4 is 0 Å². The van der Waals surface area contributed by atoms with E-state index in [-0.39, 0.29) is 25.2 Å². The van der Waals surface area contributed by atoms with Gasteiger partial charge in [0.1, 0.15) is 5.69 Å². The molecule has 1 N–H and O–H groups in total. The minimum absolute atomic E-state index is 0.0732. The Hall–Kier alpha value is -4.20. The molecule has 2 aromatic carbocycles. The molecule has 3 aliphatic rings. The maximum Gasteiger partial charge on any atom is 0.407 e. The Morgan fingerprint density at radius 3 is 2.76 bits per heavy atom. The van der Waals surface area contributed by atoms with Crippen LogP contribution >= 0.6 is 0 Å². The molecule has 10 heteroatoms. The summed E-state index contributed by atoms with van der Waals surface area (Å²) in [5.41, 5.74) is 2.87. The Bertz CT molecular complexity index is 1530. The number of likely N-dealkylation sites (N-methyl/N-ethyl adjacent to an activating group) is 1. The minimum atomic E-state index is -1.04. The molecule has 4 heterocycles. The van der Waals surface area contributed by atoms with Gasteiger partial charge in [0.25, 0.3) is 0 Å². The fraction of sp³-hybridized carbons (Fsp3) is 0.387. The van der Waals surface area contributed by atoms with Crippen molar-refractivity contribution in [2.24, 2.45) is 0 Å². The summed E-state index contributed by atoms with van der Waals surface area (Å²) < 4.78 is 16.5. The maximum absolute atomic E-state index is 16.5. The fourth-order valence-corrected chi connectivity index (χ4v) is 6.24. The molecule has 0 saturated carbocycles. The number of likely N-dealkylation sites (tertiary alicyclic amines) is 1. The number of pyridine rings is 1. The molecular weight excluding hydrogens is 523 g/mol. The van der Waals surface area contributed by atoms with E-state index in [0.717, 1.165) is 41.4 Å². The van der Waals surface area contributed by atoms with Crippen molar-refractivity contribution in [3.8, 4) is 17.3 Å². The van der Waals surface area contributed by atoms with Gasteiger partial charge in [-0.25, -0.2) is 9.18 Å². The SMILES string of the molecule is CN1CCC[C@H]1CON1C=C(N2CCN(C(=O)O)[C@@H](CC#N)C2)c2cnc(-c3cccc4ccccc34)c(F)c2C1. The first-order chi connectivity index (χ1) is 19.9. The zero-order valence-corrected chi connectivity index (χ0v) is 23.0. The number of hydrogen-bond donors (Lipinski definition) is 1. The normalized spacial score (nSPS) is 21.1. The number of carboxylic acid groups (broad SMARTS) is 1. The van der Waals surface area contributed by atoms with Gasteiger partial charge in [0.15, 0.2) is 5.82 Å².